The molecule has 0 aromatic heterocycles. The van der Waals surface area contributed by atoms with Crippen molar-refractivity contribution in [2.24, 2.45) is 5.41 Å². The van der Waals surface area contributed by atoms with Crippen molar-refractivity contribution in [3.63, 3.8) is 0 Å². The largest absolute Gasteiger partial charge is 0.481 e. The zero-order valence-corrected chi connectivity index (χ0v) is 14.3. The van der Waals surface area contributed by atoms with Crippen molar-refractivity contribution in [1.29, 1.82) is 0 Å². The quantitative estimate of drug-likeness (QED) is 0.756. The van der Waals surface area contributed by atoms with Gasteiger partial charge in [-0.3, -0.25) is 9.59 Å². The lowest BCUT2D eigenvalue weighted by Gasteiger charge is -2.27. The van der Waals surface area contributed by atoms with E-state index in [2.05, 4.69) is 0 Å². The fourth-order valence-corrected chi connectivity index (χ4v) is 3.67. The standard InChI is InChI=1S/C17H29NO5/c1-13(23-14-7-5-3-4-6-8-14)15(19)18-10-9-17(11-18,12-22-2)16(20)21/h13-14H,3-12H2,1-2H3,(H,20,21). The van der Waals surface area contributed by atoms with Crippen LogP contribution in [0.4, 0.5) is 0 Å². The first kappa shape index (κ1) is 18.2. The van der Waals surface area contributed by atoms with Crippen molar-refractivity contribution >= 4 is 11.9 Å². The van der Waals surface area contributed by atoms with E-state index in [-0.39, 0.29) is 25.2 Å². The number of carbonyl (C=O) groups excluding carboxylic acids is 1. The summed E-state index contributed by atoms with van der Waals surface area (Å²) in [5.41, 5.74) is -0.980. The van der Waals surface area contributed by atoms with Gasteiger partial charge in [-0.25, -0.2) is 0 Å². The number of hydrogen-bond acceptors (Lipinski definition) is 4. The molecule has 2 rings (SSSR count). The number of amides is 1. The molecule has 1 saturated carbocycles. The Labute approximate surface area is 138 Å². The molecule has 1 aliphatic heterocycles. The van der Waals surface area contributed by atoms with Crippen molar-refractivity contribution in [3.8, 4) is 0 Å². The van der Waals surface area contributed by atoms with Crippen LogP contribution in [0.15, 0.2) is 0 Å². The summed E-state index contributed by atoms with van der Waals surface area (Å²) in [7, 11) is 1.49. The SMILES string of the molecule is COCC1(C(=O)O)CCN(C(=O)C(C)OC2CCCCCC2)C1. The van der Waals surface area contributed by atoms with Crippen LogP contribution >= 0.6 is 0 Å². The predicted octanol–water partition coefficient (Wildman–Crippen LogP) is 2.06. The third kappa shape index (κ3) is 4.44. The third-order valence-corrected chi connectivity index (χ3v) is 5.09. The minimum Gasteiger partial charge on any atom is -0.481 e. The van der Waals surface area contributed by atoms with Crippen molar-refractivity contribution in [2.45, 2.75) is 64.1 Å². The Hall–Kier alpha value is -1.14. The molecule has 1 N–H and O–H groups in total. The van der Waals surface area contributed by atoms with Crippen LogP contribution in [-0.4, -0.2) is 60.9 Å². The average molecular weight is 327 g/mol. The predicted molar refractivity (Wildman–Crippen MR) is 85.2 cm³/mol. The van der Waals surface area contributed by atoms with Gasteiger partial charge in [-0.05, 0) is 26.2 Å². The summed E-state index contributed by atoms with van der Waals surface area (Å²) in [5, 5.41) is 9.48. The number of carboxylic acids is 1. The maximum absolute atomic E-state index is 12.6. The zero-order valence-electron chi connectivity index (χ0n) is 14.3. The summed E-state index contributed by atoms with van der Waals surface area (Å²) < 4.78 is 11.0. The molecule has 6 nitrogen and oxygen atoms in total. The number of likely N-dealkylation sites (tertiary alicyclic amines) is 1. The van der Waals surface area contributed by atoms with Crippen LogP contribution in [-0.2, 0) is 19.1 Å². The van der Waals surface area contributed by atoms with E-state index in [0.717, 1.165) is 25.7 Å². The van der Waals surface area contributed by atoms with Gasteiger partial charge in [0.25, 0.3) is 5.91 Å². The molecule has 1 heterocycles. The highest BCUT2D eigenvalue weighted by atomic mass is 16.5. The molecule has 2 atom stereocenters. The molecule has 0 aromatic rings. The van der Waals surface area contributed by atoms with E-state index in [4.69, 9.17) is 9.47 Å². The molecule has 2 fully saturated rings. The van der Waals surface area contributed by atoms with E-state index >= 15 is 0 Å². The minimum absolute atomic E-state index is 0.103. The van der Waals surface area contributed by atoms with Gasteiger partial charge in [-0.2, -0.15) is 0 Å². The molecule has 1 amide bonds. The van der Waals surface area contributed by atoms with Gasteiger partial charge in [-0.15, -0.1) is 0 Å². The average Bonchev–Trinajstić information content (AvgIpc) is 2.79. The number of nitrogens with zero attached hydrogens (tertiary/aromatic N) is 1. The van der Waals surface area contributed by atoms with E-state index in [9.17, 15) is 14.7 Å². The summed E-state index contributed by atoms with van der Waals surface area (Å²) in [6.07, 6.45) is 6.90. The topological polar surface area (TPSA) is 76.1 Å². The van der Waals surface area contributed by atoms with Gasteiger partial charge >= 0.3 is 5.97 Å². The van der Waals surface area contributed by atoms with Gasteiger partial charge in [0.05, 0.1) is 12.7 Å². The molecule has 1 aliphatic carbocycles. The van der Waals surface area contributed by atoms with Gasteiger partial charge in [0.1, 0.15) is 11.5 Å². The lowest BCUT2D eigenvalue weighted by Crippen LogP contribution is -2.43. The van der Waals surface area contributed by atoms with Crippen LogP contribution in [0.25, 0.3) is 0 Å². The molecule has 2 unspecified atom stereocenters. The number of carboxylic acid groups (broad SMARTS) is 1. The van der Waals surface area contributed by atoms with Gasteiger partial charge in [0, 0.05) is 20.2 Å². The van der Waals surface area contributed by atoms with Crippen LogP contribution in [0.2, 0.25) is 0 Å². The Balaban J connectivity index is 1.91. The van der Waals surface area contributed by atoms with Crippen LogP contribution in [0.5, 0.6) is 0 Å². The molecular formula is C17H29NO5. The summed E-state index contributed by atoms with van der Waals surface area (Å²) in [6.45, 7) is 2.56. The third-order valence-electron chi connectivity index (χ3n) is 5.09. The Morgan fingerprint density at radius 2 is 1.91 bits per heavy atom. The minimum atomic E-state index is -0.980. The van der Waals surface area contributed by atoms with Gasteiger partial charge in [0.15, 0.2) is 0 Å². The normalized spacial score (nSPS) is 27.7. The van der Waals surface area contributed by atoms with Crippen molar-refractivity contribution in [3.05, 3.63) is 0 Å². The molecular weight excluding hydrogens is 298 g/mol. The number of aliphatic carboxylic acids is 1. The molecule has 132 valence electrons. The Kier molecular flexibility index (Phi) is 6.41. The number of methoxy groups -OCH3 is 1. The molecule has 23 heavy (non-hydrogen) atoms. The van der Waals surface area contributed by atoms with Crippen LogP contribution < -0.4 is 0 Å². The smallest absolute Gasteiger partial charge is 0.313 e. The Morgan fingerprint density at radius 1 is 1.26 bits per heavy atom. The van der Waals surface area contributed by atoms with Gasteiger partial charge < -0.3 is 19.5 Å². The number of hydrogen-bond donors (Lipinski definition) is 1. The molecule has 6 heteroatoms. The fraction of sp³-hybridized carbons (Fsp3) is 0.882. The Morgan fingerprint density at radius 3 is 2.48 bits per heavy atom. The van der Waals surface area contributed by atoms with Crippen LogP contribution in [0.3, 0.4) is 0 Å². The highest BCUT2D eigenvalue weighted by Gasteiger charge is 2.47. The van der Waals surface area contributed by atoms with E-state index in [1.165, 1.54) is 20.0 Å². The first-order valence-electron chi connectivity index (χ1n) is 8.65. The lowest BCUT2D eigenvalue weighted by molar-refractivity contribution is -0.153. The number of rotatable bonds is 6. The molecule has 0 bridgehead atoms. The molecule has 1 saturated heterocycles. The van der Waals surface area contributed by atoms with Crippen molar-refractivity contribution in [1.82, 2.24) is 4.90 Å². The summed E-state index contributed by atoms with van der Waals surface area (Å²) >= 11 is 0. The Bertz CT molecular complexity index is 419. The highest BCUT2D eigenvalue weighted by molar-refractivity contribution is 5.83. The summed E-state index contributed by atoms with van der Waals surface area (Å²) in [6, 6.07) is 0. The second-order valence-electron chi connectivity index (χ2n) is 6.92. The van der Waals surface area contributed by atoms with Crippen molar-refractivity contribution in [2.75, 3.05) is 26.8 Å². The van der Waals surface area contributed by atoms with Crippen molar-refractivity contribution < 1.29 is 24.2 Å². The first-order valence-corrected chi connectivity index (χ1v) is 8.65. The molecule has 2 aliphatic rings. The van der Waals surface area contributed by atoms with Crippen LogP contribution in [0, 0.1) is 5.41 Å². The molecule has 0 spiro atoms. The summed E-state index contributed by atoms with van der Waals surface area (Å²) in [5.74, 6) is -1.000. The van der Waals surface area contributed by atoms with Crippen LogP contribution in [0.1, 0.15) is 51.9 Å². The molecule has 0 radical (unpaired) electrons. The van der Waals surface area contributed by atoms with Gasteiger partial charge in [0.2, 0.25) is 0 Å². The monoisotopic (exact) mass is 327 g/mol. The second kappa shape index (κ2) is 8.11. The maximum atomic E-state index is 12.6. The lowest BCUT2D eigenvalue weighted by atomic mass is 9.88. The number of carbonyl (C=O) groups is 2. The van der Waals surface area contributed by atoms with E-state index < -0.39 is 17.5 Å². The van der Waals surface area contributed by atoms with E-state index in [1.807, 2.05) is 0 Å². The molecule has 0 aromatic carbocycles. The second-order valence-corrected chi connectivity index (χ2v) is 6.92. The first-order chi connectivity index (χ1) is 11.0. The summed E-state index contributed by atoms with van der Waals surface area (Å²) in [4.78, 5) is 25.8. The van der Waals surface area contributed by atoms with Gasteiger partial charge in [-0.1, -0.05) is 25.7 Å². The zero-order chi connectivity index (χ0) is 16.9. The highest BCUT2D eigenvalue weighted by Crippen LogP contribution is 2.32. The van der Waals surface area contributed by atoms with E-state index in [1.54, 1.807) is 11.8 Å². The number of ether oxygens (including phenoxy) is 2. The van der Waals surface area contributed by atoms with E-state index in [0.29, 0.717) is 13.0 Å². The fourth-order valence-electron chi connectivity index (χ4n) is 3.67. The maximum Gasteiger partial charge on any atom is 0.313 e.